The van der Waals surface area contributed by atoms with Crippen LogP contribution in [-0.2, 0) is 6.42 Å². The number of ketones is 1. The van der Waals surface area contributed by atoms with Gasteiger partial charge in [-0.25, -0.2) is 8.78 Å². The summed E-state index contributed by atoms with van der Waals surface area (Å²) in [7, 11) is 0. The Kier molecular flexibility index (Phi) is 5.42. The summed E-state index contributed by atoms with van der Waals surface area (Å²) in [6.45, 7) is -0.569. The monoisotopic (exact) mass is 384 g/mol. The second-order valence-corrected chi connectivity index (χ2v) is 7.28. The van der Waals surface area contributed by atoms with Crippen molar-refractivity contribution in [3.05, 3.63) is 40.7 Å². The number of alkyl halides is 3. The lowest BCUT2D eigenvalue weighted by Crippen LogP contribution is -2.27. The Bertz CT molecular complexity index is 837. The van der Waals surface area contributed by atoms with Gasteiger partial charge in [0, 0.05) is 31.2 Å². The summed E-state index contributed by atoms with van der Waals surface area (Å²) in [6, 6.07) is 4.92. The maximum Gasteiger partial charge on any atom is 0.248 e. The van der Waals surface area contributed by atoms with Gasteiger partial charge >= 0.3 is 0 Å². The van der Waals surface area contributed by atoms with Crippen LogP contribution < -0.4 is 0 Å². The number of halogens is 4. The van der Waals surface area contributed by atoms with E-state index in [0.29, 0.717) is 29.1 Å². The van der Waals surface area contributed by atoms with Crippen molar-refractivity contribution in [1.82, 2.24) is 4.40 Å². The van der Waals surface area contributed by atoms with E-state index in [-0.39, 0.29) is 42.9 Å². The Hall–Kier alpha value is -1.82. The molecule has 0 unspecified atom stereocenters. The number of rotatable bonds is 6. The number of hydrogen-bond donors (Lipinski definition) is 1. The van der Waals surface area contributed by atoms with Crippen molar-refractivity contribution < 1.29 is 18.0 Å². The summed E-state index contributed by atoms with van der Waals surface area (Å²) >= 11 is 6.23. The van der Waals surface area contributed by atoms with Gasteiger partial charge in [0.1, 0.15) is 0 Å². The molecule has 1 N–H and O–H groups in total. The molecule has 0 aliphatic heterocycles. The summed E-state index contributed by atoms with van der Waals surface area (Å²) in [4.78, 5) is 12.8. The van der Waals surface area contributed by atoms with Gasteiger partial charge in [0.2, 0.25) is 11.7 Å². The summed E-state index contributed by atoms with van der Waals surface area (Å²) in [5.74, 6) is -3.19. The predicted octanol–water partition coefficient (Wildman–Crippen LogP) is 5.52. The number of aromatic nitrogens is 1. The first kappa shape index (κ1) is 19.0. The van der Waals surface area contributed by atoms with Crippen molar-refractivity contribution in [1.29, 1.82) is 5.41 Å². The van der Waals surface area contributed by atoms with Crippen molar-refractivity contribution in [3.8, 4) is 0 Å². The van der Waals surface area contributed by atoms with Crippen molar-refractivity contribution in [3.63, 3.8) is 0 Å². The molecule has 1 aliphatic rings. The fourth-order valence-corrected chi connectivity index (χ4v) is 3.86. The van der Waals surface area contributed by atoms with Gasteiger partial charge in [-0.3, -0.25) is 9.18 Å². The highest BCUT2D eigenvalue weighted by Gasteiger charge is 2.35. The third-order valence-electron chi connectivity index (χ3n) is 5.02. The second-order valence-electron chi connectivity index (χ2n) is 6.87. The summed E-state index contributed by atoms with van der Waals surface area (Å²) in [5.41, 5.74) is 1.23. The first-order valence-electron chi connectivity index (χ1n) is 8.67. The number of carbonyl (C=O) groups excluding carboxylic acids is 1. The molecule has 1 saturated carbocycles. The number of carbonyl (C=O) groups is 1. The van der Waals surface area contributed by atoms with Crippen molar-refractivity contribution in [2.24, 2.45) is 5.92 Å². The van der Waals surface area contributed by atoms with E-state index < -0.39 is 18.4 Å². The maximum absolute atomic E-state index is 13.3. The average Bonchev–Trinajstić information content (AvgIpc) is 2.96. The van der Waals surface area contributed by atoms with Gasteiger partial charge in [0.05, 0.1) is 28.5 Å². The summed E-state index contributed by atoms with van der Waals surface area (Å²) in [6.07, 6.45) is 2.26. The third kappa shape index (κ3) is 3.80. The molecule has 3 rings (SSSR count). The molecule has 1 fully saturated rings. The van der Waals surface area contributed by atoms with Crippen LogP contribution in [0.25, 0.3) is 5.52 Å². The molecule has 0 amide bonds. The highest BCUT2D eigenvalue weighted by Crippen LogP contribution is 2.37. The van der Waals surface area contributed by atoms with Gasteiger partial charge < -0.3 is 9.81 Å². The van der Waals surface area contributed by atoms with Crippen LogP contribution in [0, 0.1) is 11.3 Å². The van der Waals surface area contributed by atoms with Crippen molar-refractivity contribution in [2.75, 3.05) is 6.67 Å². The zero-order chi connectivity index (χ0) is 18.9. The fourth-order valence-electron chi connectivity index (χ4n) is 3.59. The standard InChI is InChI=1S/C19H20ClF3N2O/c20-15-2-1-9-25-13(5-8-21)11-14(17(15)25)18(26)16(24)10-12-3-6-19(22,23)7-4-12/h1-2,9,11-12,24H,3-8,10H2. The van der Waals surface area contributed by atoms with E-state index in [1.54, 1.807) is 28.8 Å². The quantitative estimate of drug-likeness (QED) is 0.517. The van der Waals surface area contributed by atoms with E-state index in [9.17, 15) is 18.0 Å². The van der Waals surface area contributed by atoms with Gasteiger partial charge in [-0.15, -0.1) is 0 Å². The third-order valence-corrected chi connectivity index (χ3v) is 5.32. The summed E-state index contributed by atoms with van der Waals surface area (Å²) < 4.78 is 41.0. The minimum Gasteiger partial charge on any atom is -0.319 e. The van der Waals surface area contributed by atoms with Crippen LogP contribution in [0.15, 0.2) is 24.4 Å². The van der Waals surface area contributed by atoms with Gasteiger partial charge in [-0.1, -0.05) is 11.6 Å². The molecule has 2 aromatic rings. The minimum absolute atomic E-state index is 0.0826. The number of aryl methyl sites for hydroxylation is 1. The highest BCUT2D eigenvalue weighted by molar-refractivity contribution is 6.47. The normalized spacial score (nSPS) is 17.5. The van der Waals surface area contributed by atoms with Crippen LogP contribution in [0.5, 0.6) is 0 Å². The molecule has 0 spiro atoms. The Balaban J connectivity index is 1.82. The maximum atomic E-state index is 13.3. The van der Waals surface area contributed by atoms with Crippen LogP contribution >= 0.6 is 11.6 Å². The molecule has 0 atom stereocenters. The number of nitrogens with zero attached hydrogens (tertiary/aromatic N) is 1. The zero-order valence-corrected chi connectivity index (χ0v) is 15.0. The molecule has 2 aromatic heterocycles. The van der Waals surface area contributed by atoms with Gasteiger partial charge in [-0.2, -0.15) is 0 Å². The molecule has 26 heavy (non-hydrogen) atoms. The Morgan fingerprint density at radius 1 is 1.35 bits per heavy atom. The average molecular weight is 385 g/mol. The molecular formula is C19H20ClF3N2O. The van der Waals surface area contributed by atoms with Crippen LogP contribution in [0.2, 0.25) is 5.02 Å². The van der Waals surface area contributed by atoms with Crippen LogP contribution in [0.1, 0.15) is 48.2 Å². The molecule has 0 radical (unpaired) electrons. The van der Waals surface area contributed by atoms with E-state index in [1.165, 1.54) is 0 Å². The molecule has 140 valence electrons. The number of nitrogens with one attached hydrogen (secondary N) is 1. The molecule has 3 nitrogen and oxygen atoms in total. The van der Waals surface area contributed by atoms with E-state index in [4.69, 9.17) is 17.0 Å². The number of fused-ring (bicyclic) bond motifs is 1. The molecule has 0 aromatic carbocycles. The minimum atomic E-state index is -2.63. The molecule has 0 saturated heterocycles. The van der Waals surface area contributed by atoms with E-state index in [1.807, 2.05) is 0 Å². The number of Topliss-reactive ketones (excluding diaryl/α,β-unsaturated/α-hetero) is 1. The fraction of sp³-hybridized carbons (Fsp3) is 0.474. The first-order chi connectivity index (χ1) is 12.3. The van der Waals surface area contributed by atoms with Crippen molar-refractivity contribution in [2.45, 2.75) is 44.4 Å². The lowest BCUT2D eigenvalue weighted by Gasteiger charge is -2.28. The molecule has 1 aliphatic carbocycles. The van der Waals surface area contributed by atoms with E-state index in [2.05, 4.69) is 0 Å². The van der Waals surface area contributed by atoms with E-state index in [0.717, 1.165) is 0 Å². The SMILES string of the molecule is N=C(CC1CCC(F)(F)CC1)C(=O)c1cc(CCF)n2cccc(Cl)c12. The van der Waals surface area contributed by atoms with Crippen molar-refractivity contribution >= 4 is 28.6 Å². The largest absolute Gasteiger partial charge is 0.319 e. The Morgan fingerprint density at radius 2 is 2.04 bits per heavy atom. The van der Waals surface area contributed by atoms with Gasteiger partial charge in [0.25, 0.3) is 0 Å². The van der Waals surface area contributed by atoms with Crippen LogP contribution in [0.3, 0.4) is 0 Å². The first-order valence-corrected chi connectivity index (χ1v) is 9.04. The van der Waals surface area contributed by atoms with Crippen LogP contribution in [0.4, 0.5) is 13.2 Å². The van der Waals surface area contributed by atoms with E-state index >= 15 is 0 Å². The lowest BCUT2D eigenvalue weighted by molar-refractivity contribution is -0.0449. The number of pyridine rings is 1. The Labute approximate surface area is 154 Å². The van der Waals surface area contributed by atoms with Gasteiger partial charge in [-0.05, 0) is 43.4 Å². The topological polar surface area (TPSA) is 45.3 Å². The van der Waals surface area contributed by atoms with Gasteiger partial charge in [0.15, 0.2) is 0 Å². The molecule has 7 heteroatoms. The lowest BCUT2D eigenvalue weighted by atomic mass is 9.82. The Morgan fingerprint density at radius 3 is 2.69 bits per heavy atom. The molecular weight excluding hydrogens is 365 g/mol. The predicted molar refractivity (Wildman–Crippen MR) is 95.7 cm³/mol. The number of hydrogen-bond acceptors (Lipinski definition) is 2. The smallest absolute Gasteiger partial charge is 0.248 e. The van der Waals surface area contributed by atoms with Crippen LogP contribution in [-0.4, -0.2) is 28.5 Å². The zero-order valence-electron chi connectivity index (χ0n) is 14.2. The second kappa shape index (κ2) is 7.43. The molecule has 0 bridgehead atoms. The molecule has 2 heterocycles. The summed E-state index contributed by atoms with van der Waals surface area (Å²) in [5, 5.41) is 8.51. The highest BCUT2D eigenvalue weighted by atomic mass is 35.5.